The molecule has 140 valence electrons. The molecule has 0 saturated carbocycles. The number of nitrogens with zero attached hydrogens (tertiary/aromatic N) is 3. The number of thiazole rings is 1. The van der Waals surface area contributed by atoms with Crippen molar-refractivity contribution in [3.8, 4) is 22.8 Å². The Morgan fingerprint density at radius 2 is 1.96 bits per heavy atom. The van der Waals surface area contributed by atoms with Gasteiger partial charge in [-0.05, 0) is 31.2 Å². The first-order chi connectivity index (χ1) is 13.0. The van der Waals surface area contributed by atoms with Crippen molar-refractivity contribution in [3.63, 3.8) is 0 Å². The molecule has 9 heteroatoms. The minimum absolute atomic E-state index is 0.328. The van der Waals surface area contributed by atoms with Gasteiger partial charge < -0.3 is 14.8 Å². The molecule has 0 aliphatic rings. The smallest absolute Gasteiger partial charge is 0.271 e. The highest BCUT2D eigenvalue weighted by Crippen LogP contribution is 2.28. The van der Waals surface area contributed by atoms with E-state index in [4.69, 9.17) is 9.47 Å². The van der Waals surface area contributed by atoms with Crippen molar-refractivity contribution in [1.29, 1.82) is 0 Å². The summed E-state index contributed by atoms with van der Waals surface area (Å²) in [4.78, 5) is 28.9. The number of rotatable bonds is 6. The van der Waals surface area contributed by atoms with Gasteiger partial charge in [0.2, 0.25) is 0 Å². The van der Waals surface area contributed by atoms with Gasteiger partial charge in [0.15, 0.2) is 10.9 Å². The summed E-state index contributed by atoms with van der Waals surface area (Å²) in [6.07, 6.45) is 1.59. The maximum absolute atomic E-state index is 12.5. The predicted molar refractivity (Wildman–Crippen MR) is 102 cm³/mol. The Bertz CT molecular complexity index is 984. The average Bonchev–Trinajstić information content (AvgIpc) is 3.20. The molecule has 0 spiro atoms. The number of ether oxygens (including phenoxy) is 2. The highest BCUT2D eigenvalue weighted by atomic mass is 32.1. The molecule has 1 atom stereocenters. The fraction of sp³-hybridized carbons (Fsp3) is 0.222. The molecule has 1 N–H and O–H groups in total. The standard InChI is InChI=1S/C18H18N4O4S/c1-11(17(24)20-18-19-8-9-27-18)22-15(23)10-14(26-3)16(21-22)12-4-6-13(25-2)7-5-12/h4-11H,1-3H3,(H,19,20,24). The van der Waals surface area contributed by atoms with Gasteiger partial charge in [-0.25, -0.2) is 9.67 Å². The molecule has 2 heterocycles. The SMILES string of the molecule is COc1ccc(-c2nn(C(C)C(=O)Nc3nccs3)c(=O)cc2OC)cc1. The van der Waals surface area contributed by atoms with Crippen LogP contribution in [0, 0.1) is 0 Å². The fourth-order valence-electron chi connectivity index (χ4n) is 2.44. The van der Waals surface area contributed by atoms with E-state index in [-0.39, 0.29) is 5.91 Å². The van der Waals surface area contributed by atoms with Crippen LogP contribution in [0.2, 0.25) is 0 Å². The summed E-state index contributed by atoms with van der Waals surface area (Å²) in [7, 11) is 3.04. The summed E-state index contributed by atoms with van der Waals surface area (Å²) in [6.45, 7) is 1.60. The zero-order valence-corrected chi connectivity index (χ0v) is 15.8. The second-order valence-electron chi connectivity index (χ2n) is 5.58. The number of hydrogen-bond acceptors (Lipinski definition) is 7. The summed E-state index contributed by atoms with van der Waals surface area (Å²) in [5, 5.41) is 9.26. The Hall–Kier alpha value is -3.20. The topological polar surface area (TPSA) is 95.3 Å². The number of carbonyl (C=O) groups excluding carboxylic acids is 1. The molecule has 0 aliphatic heterocycles. The maximum atomic E-state index is 12.5. The van der Waals surface area contributed by atoms with Crippen LogP contribution < -0.4 is 20.3 Å². The highest BCUT2D eigenvalue weighted by molar-refractivity contribution is 7.13. The van der Waals surface area contributed by atoms with Gasteiger partial charge in [0.1, 0.15) is 17.5 Å². The molecule has 0 fully saturated rings. The fourth-order valence-corrected chi connectivity index (χ4v) is 2.97. The summed E-state index contributed by atoms with van der Waals surface area (Å²) in [5.74, 6) is 0.640. The van der Waals surface area contributed by atoms with Crippen LogP contribution in [-0.4, -0.2) is 34.9 Å². The summed E-state index contributed by atoms with van der Waals surface area (Å²) in [6, 6.07) is 7.66. The second-order valence-corrected chi connectivity index (χ2v) is 6.47. The Morgan fingerprint density at radius 3 is 2.56 bits per heavy atom. The van der Waals surface area contributed by atoms with Gasteiger partial charge in [-0.2, -0.15) is 5.10 Å². The van der Waals surface area contributed by atoms with E-state index in [0.717, 1.165) is 10.2 Å². The predicted octanol–water partition coefficient (Wildman–Crippen LogP) is 2.58. The van der Waals surface area contributed by atoms with Gasteiger partial charge in [-0.1, -0.05) is 0 Å². The number of benzene rings is 1. The van der Waals surface area contributed by atoms with Gasteiger partial charge >= 0.3 is 0 Å². The lowest BCUT2D eigenvalue weighted by molar-refractivity contribution is -0.119. The highest BCUT2D eigenvalue weighted by Gasteiger charge is 2.21. The van der Waals surface area contributed by atoms with Gasteiger partial charge in [0, 0.05) is 23.2 Å². The van der Waals surface area contributed by atoms with Gasteiger partial charge in [-0.15, -0.1) is 11.3 Å². The van der Waals surface area contributed by atoms with Crippen LogP contribution in [0.1, 0.15) is 13.0 Å². The van der Waals surface area contributed by atoms with Crippen LogP contribution in [0.4, 0.5) is 5.13 Å². The Morgan fingerprint density at radius 1 is 1.22 bits per heavy atom. The van der Waals surface area contributed by atoms with Crippen molar-refractivity contribution in [2.24, 2.45) is 0 Å². The number of nitrogens with one attached hydrogen (secondary N) is 1. The maximum Gasteiger partial charge on any atom is 0.271 e. The Balaban J connectivity index is 1.97. The van der Waals surface area contributed by atoms with E-state index in [1.54, 1.807) is 49.9 Å². The van der Waals surface area contributed by atoms with Gasteiger partial charge in [0.25, 0.3) is 11.5 Å². The van der Waals surface area contributed by atoms with Crippen LogP contribution in [-0.2, 0) is 4.79 Å². The number of aromatic nitrogens is 3. The molecular weight excluding hydrogens is 368 g/mol. The lowest BCUT2D eigenvalue weighted by Gasteiger charge is -2.16. The summed E-state index contributed by atoms with van der Waals surface area (Å²) >= 11 is 1.29. The lowest BCUT2D eigenvalue weighted by Crippen LogP contribution is -2.33. The van der Waals surface area contributed by atoms with E-state index in [9.17, 15) is 9.59 Å². The quantitative estimate of drug-likeness (QED) is 0.700. The first kappa shape index (κ1) is 18.6. The van der Waals surface area contributed by atoms with E-state index < -0.39 is 11.6 Å². The lowest BCUT2D eigenvalue weighted by atomic mass is 10.1. The molecule has 1 unspecified atom stereocenters. The second kappa shape index (κ2) is 8.00. The molecular formula is C18H18N4O4S. The molecule has 0 saturated heterocycles. The van der Waals surface area contributed by atoms with E-state index in [0.29, 0.717) is 22.3 Å². The van der Waals surface area contributed by atoms with Crippen molar-refractivity contribution >= 4 is 22.4 Å². The van der Waals surface area contributed by atoms with Crippen LogP contribution in [0.5, 0.6) is 11.5 Å². The zero-order valence-electron chi connectivity index (χ0n) is 15.0. The molecule has 1 amide bonds. The third-order valence-corrected chi connectivity index (χ3v) is 4.60. The molecule has 0 aliphatic carbocycles. The normalized spacial score (nSPS) is 11.7. The first-order valence-corrected chi connectivity index (χ1v) is 8.94. The Labute approximate surface area is 159 Å². The van der Waals surface area contributed by atoms with Crippen molar-refractivity contribution in [2.45, 2.75) is 13.0 Å². The van der Waals surface area contributed by atoms with Crippen molar-refractivity contribution in [1.82, 2.24) is 14.8 Å². The van der Waals surface area contributed by atoms with Crippen molar-refractivity contribution < 1.29 is 14.3 Å². The average molecular weight is 386 g/mol. The minimum Gasteiger partial charge on any atom is -0.497 e. The zero-order chi connectivity index (χ0) is 19.4. The van der Waals surface area contributed by atoms with Crippen LogP contribution >= 0.6 is 11.3 Å². The molecule has 1 aromatic carbocycles. The van der Waals surface area contributed by atoms with Crippen molar-refractivity contribution in [3.05, 3.63) is 52.3 Å². The Kier molecular flexibility index (Phi) is 5.51. The summed E-state index contributed by atoms with van der Waals surface area (Å²) in [5.41, 5.74) is 0.744. The monoisotopic (exact) mass is 386 g/mol. The van der Waals surface area contributed by atoms with E-state index in [1.165, 1.54) is 24.5 Å². The van der Waals surface area contributed by atoms with Crippen molar-refractivity contribution in [2.75, 3.05) is 19.5 Å². The number of hydrogen-bond donors (Lipinski definition) is 1. The van der Waals surface area contributed by atoms with Gasteiger partial charge in [-0.3, -0.25) is 9.59 Å². The van der Waals surface area contributed by atoms with E-state index in [2.05, 4.69) is 15.4 Å². The van der Waals surface area contributed by atoms with E-state index in [1.807, 2.05) is 0 Å². The molecule has 0 radical (unpaired) electrons. The largest absolute Gasteiger partial charge is 0.497 e. The number of anilines is 1. The van der Waals surface area contributed by atoms with Crippen LogP contribution in [0.25, 0.3) is 11.3 Å². The van der Waals surface area contributed by atoms with E-state index >= 15 is 0 Å². The molecule has 0 bridgehead atoms. The first-order valence-electron chi connectivity index (χ1n) is 8.06. The van der Waals surface area contributed by atoms with Crippen LogP contribution in [0.15, 0.2) is 46.7 Å². The molecule has 2 aromatic heterocycles. The minimum atomic E-state index is -0.829. The number of methoxy groups -OCH3 is 2. The van der Waals surface area contributed by atoms with Crippen LogP contribution in [0.3, 0.4) is 0 Å². The third kappa shape index (κ3) is 3.98. The number of carbonyl (C=O) groups is 1. The summed E-state index contributed by atoms with van der Waals surface area (Å²) < 4.78 is 11.6. The number of amides is 1. The van der Waals surface area contributed by atoms with Gasteiger partial charge in [0.05, 0.1) is 14.2 Å². The molecule has 27 heavy (non-hydrogen) atoms. The molecule has 3 aromatic rings. The third-order valence-electron chi connectivity index (χ3n) is 3.91. The molecule has 8 nitrogen and oxygen atoms in total. The molecule has 3 rings (SSSR count).